The summed E-state index contributed by atoms with van der Waals surface area (Å²) in [5.74, 6) is -0.150. The van der Waals surface area contributed by atoms with E-state index in [1.807, 2.05) is 28.8 Å². The molecule has 0 saturated heterocycles. The number of nitrogens with zero attached hydrogens (tertiary/aromatic N) is 2. The third-order valence-electron chi connectivity index (χ3n) is 4.00. The topological polar surface area (TPSA) is 85.2 Å². The molecule has 3 aromatic rings. The third-order valence-corrected chi connectivity index (χ3v) is 4.00. The molecule has 0 radical (unpaired) electrons. The Balaban J connectivity index is 1.75. The summed E-state index contributed by atoms with van der Waals surface area (Å²) in [7, 11) is 1.25. The largest absolute Gasteiger partial charge is 0.468 e. The zero-order valence-electron chi connectivity index (χ0n) is 14.7. The van der Waals surface area contributed by atoms with E-state index in [0.29, 0.717) is 18.9 Å². The number of aromatic nitrogens is 2. The Bertz CT molecular complexity index is 953. The molecule has 0 fully saturated rings. The van der Waals surface area contributed by atoms with Crippen LogP contribution in [0.3, 0.4) is 0 Å². The van der Waals surface area contributed by atoms with Crippen LogP contribution in [0.2, 0.25) is 0 Å². The first-order valence-electron chi connectivity index (χ1n) is 8.38. The molecule has 0 aliphatic carbocycles. The first kappa shape index (κ1) is 18.4. The van der Waals surface area contributed by atoms with Crippen LogP contribution in [0.1, 0.15) is 0 Å². The van der Waals surface area contributed by atoms with Crippen LogP contribution in [0.5, 0.6) is 0 Å². The molecule has 27 heavy (non-hydrogen) atoms. The minimum atomic E-state index is -0.524. The molecule has 0 atom stereocenters. The average molecular weight is 370 g/mol. The summed E-state index contributed by atoms with van der Waals surface area (Å²) >= 11 is 0. The molecule has 7 nitrogen and oxygen atoms in total. The van der Waals surface area contributed by atoms with Gasteiger partial charge in [0.1, 0.15) is 18.2 Å². The first-order chi connectivity index (χ1) is 13.1. The van der Waals surface area contributed by atoms with Gasteiger partial charge in [-0.1, -0.05) is 12.1 Å². The van der Waals surface area contributed by atoms with Gasteiger partial charge >= 0.3 is 12.0 Å². The van der Waals surface area contributed by atoms with E-state index < -0.39 is 12.0 Å². The van der Waals surface area contributed by atoms with Crippen molar-refractivity contribution in [1.29, 1.82) is 0 Å². The summed E-state index contributed by atoms with van der Waals surface area (Å²) in [4.78, 5) is 27.4. The summed E-state index contributed by atoms with van der Waals surface area (Å²) in [6.45, 7) is 0.581. The summed E-state index contributed by atoms with van der Waals surface area (Å²) in [5.41, 5.74) is 2.50. The van der Waals surface area contributed by atoms with Crippen LogP contribution in [0, 0.1) is 5.82 Å². The highest BCUT2D eigenvalue weighted by Gasteiger charge is 2.13. The molecule has 1 aromatic heterocycles. The molecule has 140 valence electrons. The van der Waals surface area contributed by atoms with Crippen molar-refractivity contribution < 1.29 is 18.7 Å². The second-order valence-corrected chi connectivity index (χ2v) is 5.77. The second kappa shape index (κ2) is 8.31. The van der Waals surface area contributed by atoms with E-state index in [0.717, 1.165) is 16.6 Å². The zero-order chi connectivity index (χ0) is 19.2. The van der Waals surface area contributed by atoms with Gasteiger partial charge in [-0.2, -0.15) is 0 Å². The molecule has 1 heterocycles. The van der Waals surface area contributed by atoms with Gasteiger partial charge in [-0.3, -0.25) is 4.79 Å². The van der Waals surface area contributed by atoms with Crippen LogP contribution in [0.4, 0.5) is 9.18 Å². The molecule has 0 spiro atoms. The molecular formula is C19H19FN4O3. The number of benzene rings is 2. The van der Waals surface area contributed by atoms with E-state index in [1.54, 1.807) is 12.1 Å². The summed E-state index contributed by atoms with van der Waals surface area (Å²) in [6, 6.07) is 13.3. The number of amides is 2. The number of esters is 1. The summed E-state index contributed by atoms with van der Waals surface area (Å²) < 4.78 is 19.7. The number of imidazole rings is 1. The fourth-order valence-corrected chi connectivity index (χ4v) is 2.69. The highest BCUT2D eigenvalue weighted by atomic mass is 19.1. The van der Waals surface area contributed by atoms with Gasteiger partial charge in [-0.25, -0.2) is 14.2 Å². The van der Waals surface area contributed by atoms with Crippen LogP contribution in [0.15, 0.2) is 48.5 Å². The number of hydrogen-bond donors (Lipinski definition) is 2. The molecular weight excluding hydrogens is 351 g/mol. The van der Waals surface area contributed by atoms with E-state index >= 15 is 0 Å². The van der Waals surface area contributed by atoms with Crippen molar-refractivity contribution in [2.24, 2.45) is 0 Å². The van der Waals surface area contributed by atoms with Crippen LogP contribution < -0.4 is 10.6 Å². The number of carbonyl (C=O) groups excluding carboxylic acids is 2. The molecule has 3 rings (SSSR count). The number of para-hydroxylation sites is 2. The van der Waals surface area contributed by atoms with E-state index in [1.165, 1.54) is 19.2 Å². The highest BCUT2D eigenvalue weighted by Crippen LogP contribution is 2.24. The quantitative estimate of drug-likeness (QED) is 0.652. The molecule has 0 unspecified atom stereocenters. The molecule has 0 bridgehead atoms. The maximum absolute atomic E-state index is 13.2. The van der Waals surface area contributed by atoms with Crippen molar-refractivity contribution >= 4 is 23.0 Å². The van der Waals surface area contributed by atoms with Crippen molar-refractivity contribution in [1.82, 2.24) is 20.2 Å². The minimum absolute atomic E-state index is 0.197. The van der Waals surface area contributed by atoms with Crippen molar-refractivity contribution in [3.63, 3.8) is 0 Å². The van der Waals surface area contributed by atoms with Gasteiger partial charge in [-0.15, -0.1) is 0 Å². The minimum Gasteiger partial charge on any atom is -0.468 e. The van der Waals surface area contributed by atoms with Crippen LogP contribution >= 0.6 is 0 Å². The number of methoxy groups -OCH3 is 1. The van der Waals surface area contributed by atoms with E-state index in [4.69, 9.17) is 0 Å². The third kappa shape index (κ3) is 4.41. The molecule has 0 aliphatic rings. The lowest BCUT2D eigenvalue weighted by Gasteiger charge is -2.11. The second-order valence-electron chi connectivity index (χ2n) is 5.77. The standard InChI is InChI=1S/C19H19FN4O3/c1-27-17(25)12-22-19(26)21-10-11-24-16-5-3-2-4-15(16)23-18(24)13-6-8-14(20)9-7-13/h2-9H,10-12H2,1H3,(H2,21,22,26). The number of rotatable bonds is 6. The summed E-state index contributed by atoms with van der Waals surface area (Å²) in [6.07, 6.45) is 0. The maximum atomic E-state index is 13.2. The molecule has 2 amide bonds. The molecule has 2 N–H and O–H groups in total. The Kier molecular flexibility index (Phi) is 5.65. The SMILES string of the molecule is COC(=O)CNC(=O)NCCn1c(-c2ccc(F)cc2)nc2ccccc21. The molecule has 0 aliphatic heterocycles. The van der Waals surface area contributed by atoms with Crippen LogP contribution in [0.25, 0.3) is 22.4 Å². The number of urea groups is 1. The van der Waals surface area contributed by atoms with E-state index in [9.17, 15) is 14.0 Å². The monoisotopic (exact) mass is 370 g/mol. The molecule has 8 heteroatoms. The Morgan fingerprint density at radius 3 is 2.59 bits per heavy atom. The Morgan fingerprint density at radius 2 is 1.85 bits per heavy atom. The lowest BCUT2D eigenvalue weighted by Crippen LogP contribution is -2.40. The van der Waals surface area contributed by atoms with Gasteiger partial charge in [0.05, 0.1) is 18.1 Å². The molecule has 2 aromatic carbocycles. The fraction of sp³-hybridized carbons (Fsp3) is 0.211. The lowest BCUT2D eigenvalue weighted by molar-refractivity contribution is -0.139. The van der Waals surface area contributed by atoms with Crippen molar-refractivity contribution in [3.8, 4) is 11.4 Å². The normalized spacial score (nSPS) is 10.6. The van der Waals surface area contributed by atoms with Crippen LogP contribution in [-0.2, 0) is 16.1 Å². The maximum Gasteiger partial charge on any atom is 0.325 e. The van der Waals surface area contributed by atoms with Gasteiger partial charge in [-0.05, 0) is 36.4 Å². The van der Waals surface area contributed by atoms with Gasteiger partial charge in [0, 0.05) is 18.7 Å². The number of ether oxygens (including phenoxy) is 1. The van der Waals surface area contributed by atoms with E-state index in [-0.39, 0.29) is 12.4 Å². The van der Waals surface area contributed by atoms with Gasteiger partial charge < -0.3 is 19.9 Å². The van der Waals surface area contributed by atoms with Gasteiger partial charge in [0.15, 0.2) is 0 Å². The number of hydrogen-bond acceptors (Lipinski definition) is 4. The average Bonchev–Trinajstić information content (AvgIpc) is 3.05. The lowest BCUT2D eigenvalue weighted by atomic mass is 10.2. The fourth-order valence-electron chi connectivity index (χ4n) is 2.69. The van der Waals surface area contributed by atoms with Crippen LogP contribution in [-0.4, -0.2) is 41.8 Å². The number of carbonyl (C=O) groups is 2. The Hall–Kier alpha value is -3.42. The number of nitrogens with one attached hydrogen (secondary N) is 2. The Labute approximate surface area is 155 Å². The highest BCUT2D eigenvalue weighted by molar-refractivity contribution is 5.81. The number of halogens is 1. The van der Waals surface area contributed by atoms with Crippen molar-refractivity contribution in [2.45, 2.75) is 6.54 Å². The van der Waals surface area contributed by atoms with Gasteiger partial charge in [0.25, 0.3) is 0 Å². The van der Waals surface area contributed by atoms with Gasteiger partial charge in [0.2, 0.25) is 0 Å². The predicted octanol–water partition coefficient (Wildman–Crippen LogP) is 2.31. The summed E-state index contributed by atoms with van der Waals surface area (Å²) in [5, 5.41) is 5.10. The Morgan fingerprint density at radius 1 is 1.11 bits per heavy atom. The smallest absolute Gasteiger partial charge is 0.325 e. The van der Waals surface area contributed by atoms with E-state index in [2.05, 4.69) is 20.4 Å². The van der Waals surface area contributed by atoms with Crippen molar-refractivity contribution in [3.05, 3.63) is 54.3 Å². The molecule has 0 saturated carbocycles. The zero-order valence-corrected chi connectivity index (χ0v) is 14.7. The predicted molar refractivity (Wildman–Crippen MR) is 98.5 cm³/mol. The first-order valence-corrected chi connectivity index (χ1v) is 8.38. The number of fused-ring (bicyclic) bond motifs is 1. The van der Waals surface area contributed by atoms with Crippen molar-refractivity contribution in [2.75, 3.05) is 20.2 Å².